The minimum atomic E-state index is -0.317. The van der Waals surface area contributed by atoms with E-state index in [2.05, 4.69) is 15.0 Å². The van der Waals surface area contributed by atoms with Crippen LogP contribution in [0.15, 0.2) is 112 Å². The predicted octanol–water partition coefficient (Wildman–Crippen LogP) is 5.63. The van der Waals surface area contributed by atoms with Crippen LogP contribution in [0.5, 0.6) is 0 Å². The van der Waals surface area contributed by atoms with Crippen molar-refractivity contribution in [2.75, 3.05) is 0 Å². The third-order valence-electron chi connectivity index (χ3n) is 6.86. The highest BCUT2D eigenvalue weighted by Gasteiger charge is 2.36. The summed E-state index contributed by atoms with van der Waals surface area (Å²) in [6.45, 7) is 0. The number of hydrogen-bond donors (Lipinski definition) is 0. The molecule has 3 aromatic heterocycles. The Balaban J connectivity index is 0.000000137. The Bertz CT molecular complexity index is 1800. The summed E-state index contributed by atoms with van der Waals surface area (Å²) in [6.07, 6.45) is 3.19. The summed E-state index contributed by atoms with van der Waals surface area (Å²) in [5.41, 5.74) is 2.97. The number of oxazole rings is 2. The second-order valence-corrected chi connectivity index (χ2v) is 9.41. The van der Waals surface area contributed by atoms with Crippen molar-refractivity contribution in [1.29, 1.82) is 0 Å². The van der Waals surface area contributed by atoms with E-state index in [4.69, 9.17) is 8.83 Å². The third kappa shape index (κ3) is 3.99. The van der Waals surface area contributed by atoms with Crippen LogP contribution in [0, 0.1) is 0 Å². The zero-order valence-corrected chi connectivity index (χ0v) is 21.6. The molecule has 0 spiro atoms. The van der Waals surface area contributed by atoms with E-state index in [0.29, 0.717) is 27.8 Å². The van der Waals surface area contributed by atoms with E-state index < -0.39 is 0 Å². The van der Waals surface area contributed by atoms with Gasteiger partial charge in [0.05, 0.1) is 5.56 Å². The molecule has 0 atom stereocenters. The van der Waals surface area contributed by atoms with Crippen LogP contribution in [0.4, 0.5) is 0 Å². The topological polar surface area (TPSA) is 133 Å². The average molecular weight is 552 g/mol. The van der Waals surface area contributed by atoms with Gasteiger partial charge in [-0.25, -0.2) is 9.97 Å². The number of fused-ring (bicyclic) bond motifs is 4. The third-order valence-corrected chi connectivity index (χ3v) is 6.86. The van der Waals surface area contributed by atoms with E-state index in [1.165, 1.54) is 0 Å². The van der Waals surface area contributed by atoms with Crippen LogP contribution < -0.4 is 0 Å². The molecule has 0 saturated carbocycles. The van der Waals surface area contributed by atoms with Gasteiger partial charge in [0, 0.05) is 40.2 Å². The second-order valence-electron chi connectivity index (χ2n) is 9.41. The van der Waals surface area contributed by atoms with Crippen LogP contribution in [-0.2, 0) is 0 Å². The molecule has 2 aliphatic rings. The fourth-order valence-electron chi connectivity index (χ4n) is 4.83. The number of benzene rings is 3. The van der Waals surface area contributed by atoms with Gasteiger partial charge in [-0.15, -0.1) is 0 Å². The van der Waals surface area contributed by atoms with Crippen LogP contribution >= 0.6 is 0 Å². The van der Waals surface area contributed by atoms with Crippen molar-refractivity contribution in [1.82, 2.24) is 15.0 Å². The minimum absolute atomic E-state index is 0.00227. The lowest BCUT2D eigenvalue weighted by atomic mass is 9.91. The summed E-state index contributed by atoms with van der Waals surface area (Å²) in [4.78, 5) is 62.0. The van der Waals surface area contributed by atoms with Gasteiger partial charge in [0.1, 0.15) is 0 Å². The molecule has 3 aromatic carbocycles. The van der Waals surface area contributed by atoms with Gasteiger partial charge in [-0.3, -0.25) is 24.2 Å². The van der Waals surface area contributed by atoms with Gasteiger partial charge in [0.15, 0.2) is 11.4 Å². The van der Waals surface area contributed by atoms with Crippen LogP contribution in [0.2, 0.25) is 0 Å². The summed E-state index contributed by atoms with van der Waals surface area (Å²) in [6, 6.07) is 26.1. The summed E-state index contributed by atoms with van der Waals surface area (Å²) >= 11 is 0. The molecule has 9 heteroatoms. The van der Waals surface area contributed by atoms with Crippen LogP contribution in [0.1, 0.15) is 64.3 Å². The maximum atomic E-state index is 12.4. The molecule has 0 unspecified atom stereocenters. The molecule has 2 aliphatic carbocycles. The van der Waals surface area contributed by atoms with Crippen molar-refractivity contribution in [2.45, 2.75) is 0 Å². The fourth-order valence-corrected chi connectivity index (χ4v) is 4.83. The molecule has 0 radical (unpaired) electrons. The van der Waals surface area contributed by atoms with Crippen molar-refractivity contribution in [3.8, 4) is 22.9 Å². The quantitative estimate of drug-likeness (QED) is 0.268. The molecular formula is C33H17N3O6. The Morgan fingerprint density at radius 3 is 1.36 bits per heavy atom. The Morgan fingerprint density at radius 1 is 0.452 bits per heavy atom. The van der Waals surface area contributed by atoms with Crippen molar-refractivity contribution in [2.24, 2.45) is 0 Å². The first kappa shape index (κ1) is 24.9. The minimum Gasteiger partial charge on any atom is -0.432 e. The lowest BCUT2D eigenvalue weighted by Crippen LogP contribution is -2.19. The Labute approximate surface area is 237 Å². The molecule has 9 nitrogen and oxygen atoms in total. The smallest absolute Gasteiger partial charge is 0.231 e. The summed E-state index contributed by atoms with van der Waals surface area (Å²) in [5.74, 6) is -0.643. The Kier molecular flexibility index (Phi) is 5.83. The standard InChI is InChI=1S/C17H9NO3.C16H8N2O3/c19-14-11-8-4-5-9-12(11)15(20)16-13(14)18-17(21-16)10-6-2-1-3-7-10;19-13-10-5-1-2-6-11(10)14(20)15-12(13)18-16(21-15)9-4-3-7-17-8-9/h1-9H;1-8H. The van der Waals surface area contributed by atoms with Crippen LogP contribution in [0.25, 0.3) is 22.9 Å². The van der Waals surface area contributed by atoms with E-state index in [1.807, 2.05) is 30.3 Å². The zero-order chi connectivity index (χ0) is 28.8. The highest BCUT2D eigenvalue weighted by molar-refractivity contribution is 6.27. The van der Waals surface area contributed by atoms with Gasteiger partial charge in [0.25, 0.3) is 0 Å². The Hall–Kier alpha value is -6.09. The number of ketones is 4. The van der Waals surface area contributed by atoms with E-state index in [1.54, 1.807) is 73.1 Å². The summed E-state index contributed by atoms with van der Waals surface area (Å²) in [5, 5.41) is 0. The monoisotopic (exact) mass is 551 g/mol. The van der Waals surface area contributed by atoms with Gasteiger partial charge >= 0.3 is 0 Å². The molecular weight excluding hydrogens is 534 g/mol. The normalized spacial score (nSPS) is 13.0. The second kappa shape index (κ2) is 9.83. The van der Waals surface area contributed by atoms with E-state index in [-0.39, 0.29) is 57.8 Å². The molecule has 8 rings (SSSR count). The van der Waals surface area contributed by atoms with E-state index in [0.717, 1.165) is 5.56 Å². The maximum absolute atomic E-state index is 12.4. The lowest BCUT2D eigenvalue weighted by molar-refractivity contribution is 0.0959. The number of rotatable bonds is 2. The number of nitrogens with zero attached hydrogens (tertiary/aromatic N) is 3. The van der Waals surface area contributed by atoms with Crippen molar-refractivity contribution in [3.63, 3.8) is 0 Å². The maximum Gasteiger partial charge on any atom is 0.231 e. The van der Waals surface area contributed by atoms with E-state index in [9.17, 15) is 19.2 Å². The first-order valence-electron chi connectivity index (χ1n) is 12.9. The molecule has 0 aliphatic heterocycles. The van der Waals surface area contributed by atoms with Crippen LogP contribution in [0.3, 0.4) is 0 Å². The highest BCUT2D eigenvalue weighted by atomic mass is 16.4. The number of pyridine rings is 1. The molecule has 0 saturated heterocycles. The Morgan fingerprint density at radius 2 is 0.881 bits per heavy atom. The summed E-state index contributed by atoms with van der Waals surface area (Å²) < 4.78 is 11.1. The molecule has 42 heavy (non-hydrogen) atoms. The van der Waals surface area contributed by atoms with Crippen molar-refractivity contribution >= 4 is 23.1 Å². The molecule has 0 bridgehead atoms. The van der Waals surface area contributed by atoms with Crippen LogP contribution in [-0.4, -0.2) is 38.1 Å². The van der Waals surface area contributed by atoms with Gasteiger partial charge < -0.3 is 8.83 Å². The number of hydrogen-bond acceptors (Lipinski definition) is 9. The first-order valence-corrected chi connectivity index (χ1v) is 12.9. The number of carbonyl (C=O) groups excluding carboxylic acids is 4. The van der Waals surface area contributed by atoms with Gasteiger partial charge in [-0.2, -0.15) is 0 Å². The predicted molar refractivity (Wildman–Crippen MR) is 148 cm³/mol. The zero-order valence-electron chi connectivity index (χ0n) is 21.6. The highest BCUT2D eigenvalue weighted by Crippen LogP contribution is 2.32. The first-order chi connectivity index (χ1) is 20.5. The fraction of sp³-hybridized carbons (Fsp3) is 0. The lowest BCUT2D eigenvalue weighted by Gasteiger charge is -2.10. The van der Waals surface area contributed by atoms with Crippen molar-refractivity contribution < 1.29 is 28.0 Å². The van der Waals surface area contributed by atoms with Crippen molar-refractivity contribution in [3.05, 3.63) is 149 Å². The largest absolute Gasteiger partial charge is 0.432 e. The average Bonchev–Trinajstić information content (AvgIpc) is 3.71. The van der Waals surface area contributed by atoms with Gasteiger partial charge in [-0.05, 0) is 24.3 Å². The molecule has 0 amide bonds. The molecule has 200 valence electrons. The molecule has 6 aromatic rings. The SMILES string of the molecule is O=C1c2ccccc2C(=O)c2oc(-c3ccccc3)nc21.O=C1c2ccccc2C(=O)c2oc(-c3cccnc3)nc21. The van der Waals surface area contributed by atoms with E-state index >= 15 is 0 Å². The number of aromatic nitrogens is 3. The summed E-state index contributed by atoms with van der Waals surface area (Å²) in [7, 11) is 0. The number of carbonyl (C=O) groups is 4. The van der Waals surface area contributed by atoms with Gasteiger partial charge in [-0.1, -0.05) is 66.7 Å². The molecule has 3 heterocycles. The van der Waals surface area contributed by atoms with Gasteiger partial charge in [0.2, 0.25) is 46.4 Å². The molecule has 0 fully saturated rings. The molecule has 0 N–H and O–H groups in total.